The van der Waals surface area contributed by atoms with Crippen LogP contribution in [0.1, 0.15) is 51.4 Å². The predicted octanol–water partition coefficient (Wildman–Crippen LogP) is 4.00. The van der Waals surface area contributed by atoms with E-state index in [2.05, 4.69) is 6.08 Å². The van der Waals surface area contributed by atoms with Crippen LogP contribution in [0.5, 0.6) is 5.75 Å². The van der Waals surface area contributed by atoms with Gasteiger partial charge >= 0.3 is 5.97 Å². The Labute approximate surface area is 166 Å². The minimum absolute atomic E-state index is 0.150. The molecule has 1 aromatic rings. The molecular weight excluding hydrogens is 356 g/mol. The molecule has 0 heterocycles. The number of aliphatic hydroxyl groups is 1. The number of carboxylic acids is 1. The van der Waals surface area contributed by atoms with Crippen LogP contribution in [0.25, 0.3) is 0 Å². The maximum Gasteiger partial charge on any atom is 0.303 e. The molecule has 3 rings (SSSR count). The number of hydrogen-bond donors (Lipinski definition) is 2. The highest BCUT2D eigenvalue weighted by Gasteiger charge is 2.47. The molecule has 152 valence electrons. The van der Waals surface area contributed by atoms with Gasteiger partial charge in [-0.3, -0.25) is 9.59 Å². The third kappa shape index (κ3) is 5.44. The fraction of sp³-hybridized carbons (Fsp3) is 0.565. The minimum atomic E-state index is -0.748. The third-order valence-corrected chi connectivity index (χ3v) is 5.98. The monoisotopic (exact) mass is 386 g/mol. The summed E-state index contributed by atoms with van der Waals surface area (Å²) in [5.74, 6) is 0.448. The lowest BCUT2D eigenvalue weighted by Gasteiger charge is -2.20. The number of para-hydroxylation sites is 1. The van der Waals surface area contributed by atoms with Crippen LogP contribution in [0, 0.1) is 17.8 Å². The van der Waals surface area contributed by atoms with Gasteiger partial charge in [0.25, 0.3) is 0 Å². The summed E-state index contributed by atoms with van der Waals surface area (Å²) in [7, 11) is 0. The fourth-order valence-corrected chi connectivity index (χ4v) is 4.68. The number of unbranched alkanes of at least 4 members (excludes halogenated alkanes) is 1. The Hall–Kier alpha value is -2.14. The largest absolute Gasteiger partial charge is 0.494 e. The average molecular weight is 386 g/mol. The molecule has 0 saturated heterocycles. The summed E-state index contributed by atoms with van der Waals surface area (Å²) in [6.07, 6.45) is 7.00. The van der Waals surface area contributed by atoms with Crippen LogP contribution in [0.3, 0.4) is 0 Å². The first-order chi connectivity index (χ1) is 13.5. The first kappa shape index (κ1) is 20.6. The van der Waals surface area contributed by atoms with Crippen molar-refractivity contribution < 1.29 is 24.5 Å². The van der Waals surface area contributed by atoms with Crippen LogP contribution in [-0.2, 0) is 9.59 Å². The predicted molar refractivity (Wildman–Crippen MR) is 106 cm³/mol. The van der Waals surface area contributed by atoms with Crippen LogP contribution in [0.15, 0.2) is 42.0 Å². The van der Waals surface area contributed by atoms with Gasteiger partial charge in [-0.15, -0.1) is 0 Å². The number of carboxylic acid groups (broad SMARTS) is 1. The Bertz CT molecular complexity index is 696. The lowest BCUT2D eigenvalue weighted by atomic mass is 9.84. The molecule has 5 heteroatoms. The van der Waals surface area contributed by atoms with E-state index in [-0.39, 0.29) is 24.0 Å². The van der Waals surface area contributed by atoms with Crippen molar-refractivity contribution in [2.75, 3.05) is 6.61 Å². The molecule has 2 N–H and O–H groups in total. The van der Waals surface area contributed by atoms with Gasteiger partial charge in [0.15, 0.2) is 0 Å². The zero-order chi connectivity index (χ0) is 19.9. The lowest BCUT2D eigenvalue weighted by molar-refractivity contribution is -0.137. The van der Waals surface area contributed by atoms with Gasteiger partial charge in [-0.05, 0) is 62.5 Å². The van der Waals surface area contributed by atoms with Gasteiger partial charge in [0.05, 0.1) is 12.7 Å². The van der Waals surface area contributed by atoms with E-state index in [1.807, 2.05) is 30.3 Å². The first-order valence-corrected chi connectivity index (χ1v) is 10.3. The van der Waals surface area contributed by atoms with E-state index in [1.165, 1.54) is 5.57 Å². The zero-order valence-electron chi connectivity index (χ0n) is 16.3. The first-order valence-electron chi connectivity index (χ1n) is 10.3. The lowest BCUT2D eigenvalue weighted by Crippen LogP contribution is -2.28. The number of carbonyl (C=O) groups excluding carboxylic acids is 1. The second kappa shape index (κ2) is 9.87. The molecule has 1 saturated carbocycles. The molecule has 2 aliphatic rings. The molecule has 28 heavy (non-hydrogen) atoms. The number of aliphatic carboxylic acids is 1. The van der Waals surface area contributed by atoms with E-state index in [0.717, 1.165) is 25.0 Å². The number of allylic oxidation sites excluding steroid dienone is 2. The van der Waals surface area contributed by atoms with Gasteiger partial charge in [-0.25, -0.2) is 0 Å². The molecule has 0 bridgehead atoms. The Balaban J connectivity index is 1.42. The fourth-order valence-electron chi connectivity index (χ4n) is 4.68. The van der Waals surface area contributed by atoms with E-state index in [1.54, 1.807) is 0 Å². The molecule has 4 atom stereocenters. The van der Waals surface area contributed by atoms with Crippen LogP contribution < -0.4 is 4.74 Å². The maximum atomic E-state index is 12.7. The van der Waals surface area contributed by atoms with Gasteiger partial charge in [0.2, 0.25) is 0 Å². The van der Waals surface area contributed by atoms with Crippen LogP contribution in [0.4, 0.5) is 0 Å². The summed E-state index contributed by atoms with van der Waals surface area (Å²) < 4.78 is 5.65. The molecule has 0 amide bonds. The minimum Gasteiger partial charge on any atom is -0.494 e. The van der Waals surface area contributed by atoms with Crippen LogP contribution >= 0.6 is 0 Å². The van der Waals surface area contributed by atoms with Crippen molar-refractivity contribution in [3.63, 3.8) is 0 Å². The molecular formula is C23H30O5. The van der Waals surface area contributed by atoms with Gasteiger partial charge in [0, 0.05) is 18.8 Å². The van der Waals surface area contributed by atoms with Crippen LogP contribution in [0.2, 0.25) is 0 Å². The van der Waals surface area contributed by atoms with Crippen molar-refractivity contribution in [1.29, 1.82) is 0 Å². The molecule has 2 aliphatic carbocycles. The van der Waals surface area contributed by atoms with Crippen molar-refractivity contribution in [1.82, 2.24) is 0 Å². The second-order valence-electron chi connectivity index (χ2n) is 8.02. The molecule has 0 radical (unpaired) electrons. The molecule has 0 spiro atoms. The normalized spacial score (nSPS) is 26.0. The summed E-state index contributed by atoms with van der Waals surface area (Å²) in [5.41, 5.74) is 1.33. The third-order valence-electron chi connectivity index (χ3n) is 5.98. The number of hydrogen-bond acceptors (Lipinski definition) is 4. The number of aliphatic hydroxyl groups excluding tert-OH is 1. The van der Waals surface area contributed by atoms with E-state index in [9.17, 15) is 14.7 Å². The number of carbonyl (C=O) groups is 2. The summed E-state index contributed by atoms with van der Waals surface area (Å²) in [6, 6.07) is 9.57. The van der Waals surface area contributed by atoms with E-state index in [0.29, 0.717) is 38.2 Å². The number of benzene rings is 1. The zero-order valence-corrected chi connectivity index (χ0v) is 16.3. The van der Waals surface area contributed by atoms with Gasteiger partial charge in [-0.1, -0.05) is 29.8 Å². The highest BCUT2D eigenvalue weighted by atomic mass is 16.5. The summed E-state index contributed by atoms with van der Waals surface area (Å²) in [6.45, 7) is 0.500. The van der Waals surface area contributed by atoms with Crippen molar-refractivity contribution >= 4 is 11.8 Å². The molecule has 1 fully saturated rings. The highest BCUT2D eigenvalue weighted by Crippen LogP contribution is 2.48. The standard InChI is InChI=1S/C23H30O5/c24-20(10-6-12-28-18-8-2-1-3-9-18)23-19-14-16(7-4-5-11-22(26)27)13-17(19)15-21(23)25/h1-3,8-9,13,17,19,21,23,25H,4-7,10-12,14-15H2,(H,26,27)/t17-,19-,21+,23-/m1/s1. The number of rotatable bonds is 11. The molecule has 5 nitrogen and oxygen atoms in total. The number of fused-ring (bicyclic) bond motifs is 1. The summed E-state index contributed by atoms with van der Waals surface area (Å²) in [4.78, 5) is 23.4. The number of ether oxygens (including phenoxy) is 1. The smallest absolute Gasteiger partial charge is 0.303 e. The van der Waals surface area contributed by atoms with E-state index >= 15 is 0 Å². The van der Waals surface area contributed by atoms with Crippen LogP contribution in [-0.4, -0.2) is 34.7 Å². The van der Waals surface area contributed by atoms with Gasteiger partial charge in [0.1, 0.15) is 11.5 Å². The highest BCUT2D eigenvalue weighted by molar-refractivity contribution is 5.82. The molecule has 0 aliphatic heterocycles. The SMILES string of the molecule is O=C(O)CCCCC1=C[C@@H]2C[C@H](O)[C@@H](C(=O)CCCOc3ccccc3)[C@@H]2C1. The second-order valence-corrected chi connectivity index (χ2v) is 8.02. The van der Waals surface area contributed by atoms with Crippen molar-refractivity contribution in [3.8, 4) is 5.75 Å². The van der Waals surface area contributed by atoms with Crippen molar-refractivity contribution in [2.45, 2.75) is 57.5 Å². The Morgan fingerprint density at radius 3 is 2.61 bits per heavy atom. The van der Waals surface area contributed by atoms with E-state index in [4.69, 9.17) is 9.84 Å². The average Bonchev–Trinajstić information content (AvgIpc) is 3.18. The summed E-state index contributed by atoms with van der Waals surface area (Å²) >= 11 is 0. The maximum absolute atomic E-state index is 12.7. The number of ketones is 1. The van der Waals surface area contributed by atoms with Crippen molar-refractivity contribution in [2.24, 2.45) is 17.8 Å². The van der Waals surface area contributed by atoms with E-state index < -0.39 is 12.1 Å². The Morgan fingerprint density at radius 2 is 1.86 bits per heavy atom. The van der Waals surface area contributed by atoms with Gasteiger partial charge < -0.3 is 14.9 Å². The molecule has 0 unspecified atom stereocenters. The Kier molecular flexibility index (Phi) is 7.26. The topological polar surface area (TPSA) is 83.8 Å². The quantitative estimate of drug-likeness (QED) is 0.444. The Morgan fingerprint density at radius 1 is 1.07 bits per heavy atom. The summed E-state index contributed by atoms with van der Waals surface area (Å²) in [5, 5.41) is 19.1. The molecule has 0 aromatic heterocycles. The molecule has 1 aromatic carbocycles. The van der Waals surface area contributed by atoms with Crippen molar-refractivity contribution in [3.05, 3.63) is 42.0 Å². The number of Topliss-reactive ketones (excluding diaryl/α,β-unsaturated/α-hetero) is 1. The van der Waals surface area contributed by atoms with Gasteiger partial charge in [-0.2, -0.15) is 0 Å².